The van der Waals surface area contributed by atoms with Crippen LogP contribution >= 0.6 is 0 Å². The lowest BCUT2D eigenvalue weighted by Crippen LogP contribution is -2.12. The second kappa shape index (κ2) is 5.96. The van der Waals surface area contributed by atoms with Gasteiger partial charge in [0.1, 0.15) is 12.0 Å². The normalized spacial score (nSPS) is 9.95. The Morgan fingerprint density at radius 1 is 1.16 bits per heavy atom. The molecule has 0 aromatic heterocycles. The molecule has 3 nitrogen and oxygen atoms in total. The molecule has 0 saturated heterocycles. The van der Waals surface area contributed by atoms with Crippen LogP contribution < -0.4 is 4.74 Å². The van der Waals surface area contributed by atoms with Crippen LogP contribution in [-0.2, 0) is 0 Å². The number of hydrogen-bond acceptors (Lipinski definition) is 3. The fourth-order valence-corrected chi connectivity index (χ4v) is 1.73. The molecule has 0 saturated carbocycles. The summed E-state index contributed by atoms with van der Waals surface area (Å²) < 4.78 is 5.49. The summed E-state index contributed by atoms with van der Waals surface area (Å²) >= 11 is 0. The maximum atomic E-state index is 12.0. The summed E-state index contributed by atoms with van der Waals surface area (Å²) in [6.07, 6.45) is 0.721. The topological polar surface area (TPSA) is 43.4 Å². The molecule has 0 aliphatic carbocycles. The predicted molar refractivity (Wildman–Crippen MR) is 72.8 cm³/mol. The van der Waals surface area contributed by atoms with Gasteiger partial charge < -0.3 is 4.74 Å². The Hall–Kier alpha value is -2.42. The van der Waals surface area contributed by atoms with Gasteiger partial charge in [0.05, 0.1) is 0 Å². The third-order valence-electron chi connectivity index (χ3n) is 2.80. The van der Waals surface area contributed by atoms with Gasteiger partial charge >= 0.3 is 0 Å². The van der Waals surface area contributed by atoms with E-state index >= 15 is 0 Å². The lowest BCUT2D eigenvalue weighted by atomic mass is 10.1. The van der Waals surface area contributed by atoms with Crippen LogP contribution in [0.3, 0.4) is 0 Å². The van der Waals surface area contributed by atoms with Gasteiger partial charge in [-0.2, -0.15) is 0 Å². The van der Waals surface area contributed by atoms with Crippen molar-refractivity contribution in [2.45, 2.75) is 6.92 Å². The van der Waals surface area contributed by atoms with E-state index < -0.39 is 0 Å². The molecule has 0 radical (unpaired) electrons. The minimum atomic E-state index is -0.146. The summed E-state index contributed by atoms with van der Waals surface area (Å²) in [5, 5.41) is 0. The van der Waals surface area contributed by atoms with Gasteiger partial charge in [-0.1, -0.05) is 36.4 Å². The predicted octanol–water partition coefficient (Wildman–Crippen LogP) is 3.07. The average molecular weight is 254 g/mol. The average Bonchev–Trinajstić information content (AvgIpc) is 2.46. The Labute approximate surface area is 111 Å². The Balaban J connectivity index is 2.05. The molecular formula is C16H14O3. The first-order chi connectivity index (χ1) is 9.20. The van der Waals surface area contributed by atoms with E-state index in [4.69, 9.17) is 4.74 Å². The standard InChI is InChI=1S/C16H14O3/c1-12-5-2-3-8-16(12)19-11-15(18)14-7-4-6-13(9-14)10-17/h2-10H,11H2,1H3. The van der Waals surface area contributed by atoms with Gasteiger partial charge in [-0.3, -0.25) is 9.59 Å². The highest BCUT2D eigenvalue weighted by molar-refractivity contribution is 5.98. The Bertz CT molecular complexity index is 602. The highest BCUT2D eigenvalue weighted by Gasteiger charge is 2.08. The van der Waals surface area contributed by atoms with Crippen molar-refractivity contribution in [3.63, 3.8) is 0 Å². The van der Waals surface area contributed by atoms with Crippen molar-refractivity contribution < 1.29 is 14.3 Å². The molecule has 0 aliphatic rings. The van der Waals surface area contributed by atoms with E-state index in [2.05, 4.69) is 0 Å². The molecule has 19 heavy (non-hydrogen) atoms. The van der Waals surface area contributed by atoms with Gasteiger partial charge in [-0.15, -0.1) is 0 Å². The molecule has 0 bridgehead atoms. The molecule has 0 amide bonds. The zero-order valence-electron chi connectivity index (χ0n) is 10.6. The number of ketones is 1. The molecule has 0 fully saturated rings. The molecule has 0 atom stereocenters. The van der Waals surface area contributed by atoms with E-state index in [0.717, 1.165) is 11.8 Å². The molecule has 0 unspecified atom stereocenters. The van der Waals surface area contributed by atoms with Crippen molar-refractivity contribution in [2.24, 2.45) is 0 Å². The summed E-state index contributed by atoms with van der Waals surface area (Å²) in [5.41, 5.74) is 1.96. The summed E-state index contributed by atoms with van der Waals surface area (Å²) in [6.45, 7) is 1.89. The first kappa shape index (κ1) is 13.0. The summed E-state index contributed by atoms with van der Waals surface area (Å²) in [7, 11) is 0. The maximum Gasteiger partial charge on any atom is 0.200 e. The van der Waals surface area contributed by atoms with Crippen LogP contribution in [0.15, 0.2) is 48.5 Å². The molecule has 2 aromatic carbocycles. The minimum absolute atomic E-state index is 0.0346. The number of Topliss-reactive ketones (excluding diaryl/α,β-unsaturated/α-hetero) is 1. The minimum Gasteiger partial charge on any atom is -0.485 e. The van der Waals surface area contributed by atoms with Crippen LogP contribution in [0.1, 0.15) is 26.3 Å². The van der Waals surface area contributed by atoms with Gasteiger partial charge in [0.2, 0.25) is 0 Å². The maximum absolute atomic E-state index is 12.0. The van der Waals surface area contributed by atoms with Crippen LogP contribution in [0.4, 0.5) is 0 Å². The van der Waals surface area contributed by atoms with Crippen molar-refractivity contribution in [1.82, 2.24) is 0 Å². The fraction of sp³-hybridized carbons (Fsp3) is 0.125. The molecule has 2 aromatic rings. The van der Waals surface area contributed by atoms with Crippen molar-refractivity contribution in [3.05, 3.63) is 65.2 Å². The van der Waals surface area contributed by atoms with Crippen LogP contribution in [0, 0.1) is 6.92 Å². The Morgan fingerprint density at radius 2 is 1.95 bits per heavy atom. The molecule has 96 valence electrons. The summed E-state index contributed by atoms with van der Waals surface area (Å²) in [4.78, 5) is 22.6. The number of benzene rings is 2. The summed E-state index contributed by atoms with van der Waals surface area (Å²) in [5.74, 6) is 0.550. The number of aryl methyl sites for hydroxylation is 1. The first-order valence-corrected chi connectivity index (χ1v) is 5.97. The zero-order chi connectivity index (χ0) is 13.7. The largest absolute Gasteiger partial charge is 0.485 e. The van der Waals surface area contributed by atoms with Crippen molar-refractivity contribution in [1.29, 1.82) is 0 Å². The van der Waals surface area contributed by atoms with Gasteiger partial charge in [-0.05, 0) is 24.6 Å². The van der Waals surface area contributed by atoms with Crippen LogP contribution in [0.5, 0.6) is 5.75 Å². The van der Waals surface area contributed by atoms with E-state index in [-0.39, 0.29) is 12.4 Å². The molecule has 2 rings (SSSR count). The van der Waals surface area contributed by atoms with Gasteiger partial charge in [0, 0.05) is 11.1 Å². The molecule has 0 spiro atoms. The van der Waals surface area contributed by atoms with Crippen molar-refractivity contribution in [2.75, 3.05) is 6.61 Å². The molecule has 0 heterocycles. The number of ether oxygens (including phenoxy) is 1. The van der Waals surface area contributed by atoms with E-state index in [1.807, 2.05) is 31.2 Å². The molecule has 0 aliphatic heterocycles. The second-order valence-corrected chi connectivity index (χ2v) is 4.22. The highest BCUT2D eigenvalue weighted by atomic mass is 16.5. The van der Waals surface area contributed by atoms with E-state index in [0.29, 0.717) is 16.9 Å². The fourth-order valence-electron chi connectivity index (χ4n) is 1.73. The third kappa shape index (κ3) is 3.28. The monoisotopic (exact) mass is 254 g/mol. The van der Waals surface area contributed by atoms with Gasteiger partial charge in [-0.25, -0.2) is 0 Å². The van der Waals surface area contributed by atoms with Crippen LogP contribution in [-0.4, -0.2) is 18.7 Å². The first-order valence-electron chi connectivity index (χ1n) is 5.97. The number of rotatable bonds is 5. The van der Waals surface area contributed by atoms with E-state index in [1.165, 1.54) is 0 Å². The van der Waals surface area contributed by atoms with E-state index in [9.17, 15) is 9.59 Å². The van der Waals surface area contributed by atoms with Gasteiger partial charge in [0.25, 0.3) is 0 Å². The number of carbonyl (C=O) groups excluding carboxylic acids is 2. The Morgan fingerprint density at radius 3 is 2.68 bits per heavy atom. The molecule has 3 heteroatoms. The Kier molecular flexibility index (Phi) is 4.08. The van der Waals surface area contributed by atoms with Gasteiger partial charge in [0.15, 0.2) is 12.4 Å². The van der Waals surface area contributed by atoms with Crippen molar-refractivity contribution >= 4 is 12.1 Å². The zero-order valence-corrected chi connectivity index (χ0v) is 10.6. The lowest BCUT2D eigenvalue weighted by molar-refractivity contribution is 0.0921. The number of aldehydes is 1. The molecular weight excluding hydrogens is 240 g/mol. The molecule has 0 N–H and O–H groups in total. The summed E-state index contributed by atoms with van der Waals surface area (Å²) in [6, 6.07) is 14.1. The quantitative estimate of drug-likeness (QED) is 0.608. The second-order valence-electron chi connectivity index (χ2n) is 4.22. The number of carbonyl (C=O) groups is 2. The van der Waals surface area contributed by atoms with Crippen LogP contribution in [0.2, 0.25) is 0 Å². The highest BCUT2D eigenvalue weighted by Crippen LogP contribution is 2.16. The van der Waals surface area contributed by atoms with Crippen LogP contribution in [0.25, 0.3) is 0 Å². The van der Waals surface area contributed by atoms with E-state index in [1.54, 1.807) is 24.3 Å². The lowest BCUT2D eigenvalue weighted by Gasteiger charge is -2.08. The number of para-hydroxylation sites is 1. The smallest absolute Gasteiger partial charge is 0.200 e. The SMILES string of the molecule is Cc1ccccc1OCC(=O)c1cccc(C=O)c1. The number of hydrogen-bond donors (Lipinski definition) is 0. The van der Waals surface area contributed by atoms with Crippen molar-refractivity contribution in [3.8, 4) is 5.75 Å². The third-order valence-corrected chi connectivity index (χ3v) is 2.80.